The second-order valence-electron chi connectivity index (χ2n) is 4.83. The van der Waals surface area contributed by atoms with Crippen molar-refractivity contribution in [1.29, 1.82) is 0 Å². The van der Waals surface area contributed by atoms with E-state index in [0.29, 0.717) is 5.02 Å². The zero-order chi connectivity index (χ0) is 13.7. The van der Waals surface area contributed by atoms with E-state index < -0.39 is 0 Å². The predicted octanol–water partition coefficient (Wildman–Crippen LogP) is 2.90. The van der Waals surface area contributed by atoms with Gasteiger partial charge in [0.1, 0.15) is 0 Å². The molecule has 0 aliphatic carbocycles. The van der Waals surface area contributed by atoms with Gasteiger partial charge >= 0.3 is 0 Å². The molecule has 100 valence electrons. The summed E-state index contributed by atoms with van der Waals surface area (Å²) in [6.07, 6.45) is 0. The molecule has 2 atom stereocenters. The van der Waals surface area contributed by atoms with Gasteiger partial charge in [0.05, 0.1) is 6.04 Å². The molecule has 0 fully saturated rings. The molecule has 0 aromatic heterocycles. The highest BCUT2D eigenvalue weighted by molar-refractivity contribution is 6.30. The van der Waals surface area contributed by atoms with Crippen LogP contribution in [0.3, 0.4) is 0 Å². The number of hydrogen-bond acceptors (Lipinski definition) is 2. The van der Waals surface area contributed by atoms with Gasteiger partial charge in [-0.25, -0.2) is 0 Å². The fourth-order valence-corrected chi connectivity index (χ4v) is 1.93. The average molecular weight is 269 g/mol. The van der Waals surface area contributed by atoms with Gasteiger partial charge in [-0.1, -0.05) is 23.7 Å². The highest BCUT2D eigenvalue weighted by Crippen LogP contribution is 2.17. The molecule has 18 heavy (non-hydrogen) atoms. The summed E-state index contributed by atoms with van der Waals surface area (Å²) < 4.78 is 0. The van der Waals surface area contributed by atoms with Gasteiger partial charge < -0.3 is 5.32 Å². The molecular weight excluding hydrogens is 248 g/mol. The van der Waals surface area contributed by atoms with Gasteiger partial charge in [0.25, 0.3) is 0 Å². The summed E-state index contributed by atoms with van der Waals surface area (Å²) >= 11 is 5.95. The van der Waals surface area contributed by atoms with E-state index in [1.54, 1.807) is 0 Å². The largest absolute Gasteiger partial charge is 0.353 e. The molecule has 1 unspecified atom stereocenters. The third-order valence-corrected chi connectivity index (χ3v) is 2.91. The zero-order valence-electron chi connectivity index (χ0n) is 11.3. The van der Waals surface area contributed by atoms with Crippen LogP contribution >= 0.6 is 11.6 Å². The Morgan fingerprint density at radius 2 is 1.89 bits per heavy atom. The molecule has 1 rings (SSSR count). The van der Waals surface area contributed by atoms with Crippen LogP contribution in [0.1, 0.15) is 39.3 Å². The quantitative estimate of drug-likeness (QED) is 0.862. The summed E-state index contributed by atoms with van der Waals surface area (Å²) in [5, 5.41) is 6.85. The number of rotatable bonds is 5. The number of amides is 1. The molecule has 2 N–H and O–H groups in total. The van der Waals surface area contributed by atoms with Crippen molar-refractivity contribution < 1.29 is 4.79 Å². The van der Waals surface area contributed by atoms with Crippen LogP contribution in [0.25, 0.3) is 0 Å². The van der Waals surface area contributed by atoms with Gasteiger partial charge in [0.15, 0.2) is 0 Å². The summed E-state index contributed by atoms with van der Waals surface area (Å²) in [6.45, 7) is 7.78. The van der Waals surface area contributed by atoms with Crippen LogP contribution in [0, 0.1) is 0 Å². The first-order valence-electron chi connectivity index (χ1n) is 6.22. The third kappa shape index (κ3) is 4.67. The van der Waals surface area contributed by atoms with Crippen molar-refractivity contribution in [2.45, 2.75) is 45.8 Å². The Kier molecular flexibility index (Phi) is 5.63. The summed E-state index contributed by atoms with van der Waals surface area (Å²) in [5.74, 6) is 0.0129. The molecule has 0 aliphatic rings. The molecule has 0 radical (unpaired) electrons. The first-order chi connectivity index (χ1) is 8.40. The van der Waals surface area contributed by atoms with Gasteiger partial charge in [-0.2, -0.15) is 0 Å². The molecule has 0 bridgehead atoms. The van der Waals surface area contributed by atoms with Crippen LogP contribution in [0.2, 0.25) is 5.02 Å². The zero-order valence-corrected chi connectivity index (χ0v) is 12.1. The molecule has 0 saturated heterocycles. The van der Waals surface area contributed by atoms with Crippen molar-refractivity contribution >= 4 is 17.5 Å². The van der Waals surface area contributed by atoms with E-state index in [2.05, 4.69) is 10.6 Å². The van der Waals surface area contributed by atoms with E-state index in [1.165, 1.54) is 0 Å². The fourth-order valence-electron chi connectivity index (χ4n) is 1.73. The minimum Gasteiger partial charge on any atom is -0.353 e. The molecule has 1 aromatic carbocycles. The maximum Gasteiger partial charge on any atom is 0.237 e. The Bertz CT molecular complexity index is 407. The molecule has 0 spiro atoms. The van der Waals surface area contributed by atoms with E-state index in [9.17, 15) is 4.79 Å². The van der Waals surface area contributed by atoms with Crippen molar-refractivity contribution in [3.63, 3.8) is 0 Å². The summed E-state index contributed by atoms with van der Waals surface area (Å²) in [6, 6.07) is 7.66. The normalized spacial score (nSPS) is 14.3. The molecule has 4 heteroatoms. The van der Waals surface area contributed by atoms with Crippen LogP contribution in [-0.4, -0.2) is 18.0 Å². The second kappa shape index (κ2) is 6.76. The van der Waals surface area contributed by atoms with Gasteiger partial charge in [-0.05, 0) is 45.4 Å². The summed E-state index contributed by atoms with van der Waals surface area (Å²) in [4.78, 5) is 11.8. The van der Waals surface area contributed by atoms with Gasteiger partial charge in [-0.15, -0.1) is 0 Å². The Hall–Kier alpha value is -1.06. The number of halogens is 1. The second-order valence-corrected chi connectivity index (χ2v) is 5.26. The van der Waals surface area contributed by atoms with Crippen LogP contribution in [-0.2, 0) is 4.79 Å². The molecule has 1 amide bonds. The van der Waals surface area contributed by atoms with E-state index in [1.807, 2.05) is 52.0 Å². The van der Waals surface area contributed by atoms with Gasteiger partial charge in [0.2, 0.25) is 5.91 Å². The Labute approximate surface area is 114 Å². The first kappa shape index (κ1) is 15.0. The molecule has 0 saturated carbocycles. The Morgan fingerprint density at radius 1 is 1.22 bits per heavy atom. The summed E-state index contributed by atoms with van der Waals surface area (Å²) in [5.41, 5.74) is 1.08. The lowest BCUT2D eigenvalue weighted by Crippen LogP contribution is -2.45. The highest BCUT2D eigenvalue weighted by atomic mass is 35.5. The van der Waals surface area contributed by atoms with Crippen LogP contribution in [0.15, 0.2) is 24.3 Å². The number of hydrogen-bond donors (Lipinski definition) is 2. The van der Waals surface area contributed by atoms with E-state index in [0.717, 1.165) is 5.56 Å². The van der Waals surface area contributed by atoms with E-state index in [-0.39, 0.29) is 24.0 Å². The predicted molar refractivity (Wildman–Crippen MR) is 75.7 cm³/mol. The van der Waals surface area contributed by atoms with Crippen LogP contribution < -0.4 is 10.6 Å². The lowest BCUT2D eigenvalue weighted by Gasteiger charge is -2.21. The minimum atomic E-state index is -0.235. The number of carbonyl (C=O) groups is 1. The minimum absolute atomic E-state index is 0.0129. The fraction of sp³-hybridized carbons (Fsp3) is 0.500. The Morgan fingerprint density at radius 3 is 2.44 bits per heavy atom. The molecular formula is C14H21ClN2O. The molecule has 0 heterocycles. The lowest BCUT2D eigenvalue weighted by atomic mass is 10.1. The maximum absolute atomic E-state index is 11.8. The average Bonchev–Trinajstić information content (AvgIpc) is 2.27. The smallest absolute Gasteiger partial charge is 0.237 e. The monoisotopic (exact) mass is 268 g/mol. The maximum atomic E-state index is 11.8. The third-order valence-electron chi connectivity index (χ3n) is 2.67. The SMILES string of the molecule is CC(C)NC(=O)C(C)N[C@@H](C)c1cccc(Cl)c1. The molecule has 1 aromatic rings. The topological polar surface area (TPSA) is 41.1 Å². The summed E-state index contributed by atoms with van der Waals surface area (Å²) in [7, 11) is 0. The number of benzene rings is 1. The van der Waals surface area contributed by atoms with Gasteiger partial charge in [-0.3, -0.25) is 10.1 Å². The van der Waals surface area contributed by atoms with E-state index in [4.69, 9.17) is 11.6 Å². The van der Waals surface area contributed by atoms with Crippen molar-refractivity contribution in [1.82, 2.24) is 10.6 Å². The molecule has 0 aliphatic heterocycles. The first-order valence-corrected chi connectivity index (χ1v) is 6.60. The Balaban J connectivity index is 2.59. The standard InChI is InChI=1S/C14H21ClN2O/c1-9(2)16-14(18)11(4)17-10(3)12-6-5-7-13(15)8-12/h5-11,17H,1-4H3,(H,16,18)/t10-,11?/m0/s1. The van der Waals surface area contributed by atoms with Crippen molar-refractivity contribution in [3.8, 4) is 0 Å². The van der Waals surface area contributed by atoms with Crippen molar-refractivity contribution in [3.05, 3.63) is 34.9 Å². The van der Waals surface area contributed by atoms with Gasteiger partial charge in [0, 0.05) is 17.1 Å². The highest BCUT2D eigenvalue weighted by Gasteiger charge is 2.16. The van der Waals surface area contributed by atoms with E-state index >= 15 is 0 Å². The molecule has 3 nitrogen and oxygen atoms in total. The van der Waals surface area contributed by atoms with Crippen LogP contribution in [0.5, 0.6) is 0 Å². The lowest BCUT2D eigenvalue weighted by molar-refractivity contribution is -0.123. The number of nitrogens with one attached hydrogen (secondary N) is 2. The number of carbonyl (C=O) groups excluding carboxylic acids is 1. The van der Waals surface area contributed by atoms with Crippen LogP contribution in [0.4, 0.5) is 0 Å². The van der Waals surface area contributed by atoms with Crippen molar-refractivity contribution in [2.75, 3.05) is 0 Å². The van der Waals surface area contributed by atoms with Crippen molar-refractivity contribution in [2.24, 2.45) is 0 Å².